The van der Waals surface area contributed by atoms with Crippen LogP contribution in [0.15, 0.2) is 48.2 Å². The van der Waals surface area contributed by atoms with Gasteiger partial charge in [0.25, 0.3) is 0 Å². The van der Waals surface area contributed by atoms with Crippen LogP contribution in [0.3, 0.4) is 0 Å². The third kappa shape index (κ3) is 6.13. The number of hydrogen-bond donors (Lipinski definition) is 1. The van der Waals surface area contributed by atoms with Crippen molar-refractivity contribution in [2.24, 2.45) is 5.92 Å². The predicted octanol–water partition coefficient (Wildman–Crippen LogP) is 5.63. The van der Waals surface area contributed by atoms with E-state index in [1.54, 1.807) is 17.8 Å². The molecule has 1 heterocycles. The smallest absolute Gasteiger partial charge is 0.334 e. The minimum absolute atomic E-state index is 0.126. The lowest BCUT2D eigenvalue weighted by Crippen LogP contribution is -2.37. The molecule has 3 nitrogen and oxygen atoms in total. The van der Waals surface area contributed by atoms with Crippen LogP contribution in [0, 0.1) is 11.7 Å². The van der Waals surface area contributed by atoms with Gasteiger partial charge < -0.3 is 10.0 Å². The molecule has 0 saturated heterocycles. The first-order valence-electron chi connectivity index (χ1n) is 10.4. The molecule has 0 radical (unpaired) electrons. The highest BCUT2D eigenvalue weighted by Gasteiger charge is 2.29. The van der Waals surface area contributed by atoms with E-state index in [0.29, 0.717) is 11.5 Å². The maximum atomic E-state index is 13.0. The van der Waals surface area contributed by atoms with Gasteiger partial charge in [0.05, 0.1) is 5.57 Å². The molecule has 0 aromatic heterocycles. The van der Waals surface area contributed by atoms with E-state index in [-0.39, 0.29) is 11.2 Å². The second kappa shape index (κ2) is 10.7. The molecule has 2 aliphatic rings. The van der Waals surface area contributed by atoms with Crippen molar-refractivity contribution < 1.29 is 14.3 Å². The Kier molecular flexibility index (Phi) is 8.01. The average molecular weight is 404 g/mol. The van der Waals surface area contributed by atoms with Crippen LogP contribution in [-0.4, -0.2) is 33.6 Å². The fraction of sp³-hybridized carbons (Fsp3) is 0.522. The van der Waals surface area contributed by atoms with Crippen LogP contribution in [0.1, 0.15) is 50.5 Å². The van der Waals surface area contributed by atoms with Crippen LogP contribution >= 0.6 is 11.8 Å². The number of thioether (sulfide) groups is 1. The molecule has 1 fully saturated rings. The Hall–Kier alpha value is -1.75. The second-order valence-electron chi connectivity index (χ2n) is 7.78. The number of rotatable bonds is 8. The SMILES string of the molecule is O=C(O)C1=CC=CN(CC2CCCCCC2)C1SCCCc1ccc(F)cc1. The molecule has 1 aromatic rings. The molecular formula is C23H30FNO2S. The first-order valence-corrected chi connectivity index (χ1v) is 11.4. The number of carboxylic acid groups (broad SMARTS) is 1. The zero-order chi connectivity index (χ0) is 19.8. The topological polar surface area (TPSA) is 40.5 Å². The molecule has 0 amide bonds. The van der Waals surface area contributed by atoms with E-state index >= 15 is 0 Å². The number of benzene rings is 1. The summed E-state index contributed by atoms with van der Waals surface area (Å²) < 4.78 is 13.0. The number of hydrogen-bond acceptors (Lipinski definition) is 3. The largest absolute Gasteiger partial charge is 0.478 e. The van der Waals surface area contributed by atoms with Crippen molar-refractivity contribution in [3.05, 3.63) is 59.6 Å². The van der Waals surface area contributed by atoms with Crippen molar-refractivity contribution in [2.45, 2.75) is 56.7 Å². The minimum atomic E-state index is -0.828. The molecule has 3 rings (SSSR count). The summed E-state index contributed by atoms with van der Waals surface area (Å²) in [5, 5.41) is 9.53. The quantitative estimate of drug-likeness (QED) is 0.451. The molecule has 1 unspecified atom stereocenters. The molecule has 1 aliphatic carbocycles. The molecule has 5 heteroatoms. The Morgan fingerprint density at radius 1 is 1.14 bits per heavy atom. The summed E-state index contributed by atoms with van der Waals surface area (Å²) >= 11 is 1.71. The van der Waals surface area contributed by atoms with Crippen molar-refractivity contribution in [2.75, 3.05) is 12.3 Å². The molecule has 1 N–H and O–H groups in total. The maximum Gasteiger partial charge on any atom is 0.334 e. The number of carbonyl (C=O) groups is 1. The molecule has 1 saturated carbocycles. The minimum Gasteiger partial charge on any atom is -0.478 e. The van der Waals surface area contributed by atoms with Gasteiger partial charge in [-0.15, -0.1) is 11.8 Å². The fourth-order valence-electron chi connectivity index (χ4n) is 4.08. The summed E-state index contributed by atoms with van der Waals surface area (Å²) in [4.78, 5) is 14.0. The Labute approximate surface area is 171 Å². The van der Waals surface area contributed by atoms with Crippen molar-refractivity contribution >= 4 is 17.7 Å². The molecule has 28 heavy (non-hydrogen) atoms. The highest BCUT2D eigenvalue weighted by Crippen LogP contribution is 2.31. The van der Waals surface area contributed by atoms with Crippen LogP contribution in [-0.2, 0) is 11.2 Å². The summed E-state index contributed by atoms with van der Waals surface area (Å²) in [5.41, 5.74) is 1.60. The molecule has 0 spiro atoms. The summed E-state index contributed by atoms with van der Waals surface area (Å²) in [6.45, 7) is 0.941. The lowest BCUT2D eigenvalue weighted by Gasteiger charge is -2.35. The van der Waals surface area contributed by atoms with Gasteiger partial charge in [-0.25, -0.2) is 9.18 Å². The van der Waals surface area contributed by atoms with E-state index in [1.165, 1.54) is 50.7 Å². The molecule has 152 valence electrons. The molecule has 0 bridgehead atoms. The lowest BCUT2D eigenvalue weighted by molar-refractivity contribution is -0.133. The average Bonchev–Trinajstić information content (AvgIpc) is 2.96. The van der Waals surface area contributed by atoms with Gasteiger partial charge in [0.15, 0.2) is 0 Å². The Morgan fingerprint density at radius 3 is 2.54 bits per heavy atom. The number of allylic oxidation sites excluding steroid dienone is 2. The molecule has 1 aliphatic heterocycles. The van der Waals surface area contributed by atoms with Crippen molar-refractivity contribution in [3.63, 3.8) is 0 Å². The number of aliphatic carboxylic acids is 1. The van der Waals surface area contributed by atoms with E-state index < -0.39 is 5.97 Å². The zero-order valence-electron chi connectivity index (χ0n) is 16.4. The number of halogens is 1. The van der Waals surface area contributed by atoms with Gasteiger partial charge in [-0.05, 0) is 67.2 Å². The van der Waals surface area contributed by atoms with E-state index in [2.05, 4.69) is 11.1 Å². The zero-order valence-corrected chi connectivity index (χ0v) is 17.2. The monoisotopic (exact) mass is 403 g/mol. The highest BCUT2D eigenvalue weighted by atomic mass is 32.2. The summed E-state index contributed by atoms with van der Waals surface area (Å²) in [6.07, 6.45) is 15.2. The van der Waals surface area contributed by atoms with Crippen LogP contribution < -0.4 is 0 Å². The lowest BCUT2D eigenvalue weighted by atomic mass is 9.99. The van der Waals surface area contributed by atoms with Crippen molar-refractivity contribution in [1.29, 1.82) is 0 Å². The summed E-state index contributed by atoms with van der Waals surface area (Å²) in [6, 6.07) is 6.64. The Bertz CT molecular complexity index is 693. The van der Waals surface area contributed by atoms with Crippen LogP contribution in [0.25, 0.3) is 0 Å². The van der Waals surface area contributed by atoms with E-state index in [9.17, 15) is 14.3 Å². The van der Waals surface area contributed by atoms with Gasteiger partial charge in [0.1, 0.15) is 11.2 Å². The fourth-order valence-corrected chi connectivity index (χ4v) is 5.32. The summed E-state index contributed by atoms with van der Waals surface area (Å²) in [7, 11) is 0. The predicted molar refractivity (Wildman–Crippen MR) is 114 cm³/mol. The van der Waals surface area contributed by atoms with Gasteiger partial charge in [-0.3, -0.25) is 0 Å². The normalized spacial score (nSPS) is 20.7. The molecule has 1 aromatic carbocycles. The standard InChI is InChI=1S/C23H30FNO2S/c24-20-13-11-18(12-14-20)9-6-16-28-22-21(23(26)27)10-5-15-25(22)17-19-7-3-1-2-4-8-19/h5,10-15,19,22H,1-4,6-9,16-17H2,(H,26,27). The summed E-state index contributed by atoms with van der Waals surface area (Å²) in [5.74, 6) is 0.494. The first kappa shape index (κ1) is 21.0. The van der Waals surface area contributed by atoms with Gasteiger partial charge in [0, 0.05) is 12.7 Å². The van der Waals surface area contributed by atoms with Crippen LogP contribution in [0.2, 0.25) is 0 Å². The van der Waals surface area contributed by atoms with E-state index in [4.69, 9.17) is 0 Å². The number of carboxylic acids is 1. The van der Waals surface area contributed by atoms with E-state index in [1.807, 2.05) is 18.2 Å². The second-order valence-corrected chi connectivity index (χ2v) is 8.96. The Balaban J connectivity index is 1.56. The number of aryl methyl sites for hydroxylation is 1. The van der Waals surface area contributed by atoms with Gasteiger partial charge in [0.2, 0.25) is 0 Å². The third-order valence-corrected chi connectivity index (χ3v) is 6.97. The molecule has 1 atom stereocenters. The van der Waals surface area contributed by atoms with Crippen molar-refractivity contribution in [3.8, 4) is 0 Å². The highest BCUT2D eigenvalue weighted by molar-refractivity contribution is 8.00. The molecular weight excluding hydrogens is 373 g/mol. The number of nitrogens with zero attached hydrogens (tertiary/aromatic N) is 1. The van der Waals surface area contributed by atoms with Crippen LogP contribution in [0.4, 0.5) is 4.39 Å². The van der Waals surface area contributed by atoms with Crippen molar-refractivity contribution in [1.82, 2.24) is 4.90 Å². The van der Waals surface area contributed by atoms with E-state index in [0.717, 1.165) is 30.7 Å². The van der Waals surface area contributed by atoms with Gasteiger partial charge in [-0.2, -0.15) is 0 Å². The van der Waals surface area contributed by atoms with Crippen LogP contribution in [0.5, 0.6) is 0 Å². The maximum absolute atomic E-state index is 13.0. The first-order chi connectivity index (χ1) is 13.6. The van der Waals surface area contributed by atoms with Gasteiger partial charge in [-0.1, -0.05) is 37.8 Å². The van der Waals surface area contributed by atoms with Gasteiger partial charge >= 0.3 is 5.97 Å². The third-order valence-electron chi connectivity index (χ3n) is 5.61. The Morgan fingerprint density at radius 2 is 1.86 bits per heavy atom.